The molecular formula is C18H19FN2O5S. The van der Waals surface area contributed by atoms with Gasteiger partial charge in [-0.15, -0.1) is 0 Å². The van der Waals surface area contributed by atoms with Crippen LogP contribution in [0, 0.1) is 5.82 Å². The highest BCUT2D eigenvalue weighted by atomic mass is 32.2. The molecule has 1 aliphatic heterocycles. The fourth-order valence-electron chi connectivity index (χ4n) is 2.80. The number of fused-ring (bicyclic) bond motifs is 1. The normalized spacial score (nSPS) is 13.9. The summed E-state index contributed by atoms with van der Waals surface area (Å²) < 4.78 is 49.8. The van der Waals surface area contributed by atoms with E-state index in [4.69, 9.17) is 9.47 Å². The summed E-state index contributed by atoms with van der Waals surface area (Å²) in [7, 11) is -3.88. The van der Waals surface area contributed by atoms with Crippen LogP contribution in [-0.2, 0) is 21.4 Å². The van der Waals surface area contributed by atoms with Gasteiger partial charge >= 0.3 is 0 Å². The second-order valence-corrected chi connectivity index (χ2v) is 7.95. The zero-order valence-corrected chi connectivity index (χ0v) is 15.6. The second-order valence-electron chi connectivity index (χ2n) is 6.09. The van der Waals surface area contributed by atoms with E-state index in [1.54, 1.807) is 18.2 Å². The molecular weight excluding hydrogens is 375 g/mol. The molecule has 0 saturated carbocycles. The van der Waals surface area contributed by atoms with Crippen LogP contribution < -0.4 is 19.1 Å². The third-order valence-electron chi connectivity index (χ3n) is 4.08. The van der Waals surface area contributed by atoms with Crippen LogP contribution in [0.2, 0.25) is 0 Å². The van der Waals surface area contributed by atoms with E-state index in [9.17, 15) is 17.6 Å². The first-order valence-corrected chi connectivity index (χ1v) is 10.0. The molecule has 0 fully saturated rings. The zero-order valence-electron chi connectivity index (χ0n) is 14.8. The van der Waals surface area contributed by atoms with E-state index in [2.05, 4.69) is 5.32 Å². The second kappa shape index (κ2) is 7.43. The number of amides is 1. The monoisotopic (exact) mass is 394 g/mol. The Kier molecular flexibility index (Phi) is 5.22. The van der Waals surface area contributed by atoms with E-state index >= 15 is 0 Å². The quantitative estimate of drug-likeness (QED) is 0.810. The van der Waals surface area contributed by atoms with Crippen molar-refractivity contribution in [1.82, 2.24) is 5.32 Å². The van der Waals surface area contributed by atoms with Crippen LogP contribution in [0.5, 0.6) is 11.5 Å². The highest BCUT2D eigenvalue weighted by molar-refractivity contribution is 7.92. The van der Waals surface area contributed by atoms with Gasteiger partial charge in [0.15, 0.2) is 11.5 Å². The van der Waals surface area contributed by atoms with Gasteiger partial charge in [0, 0.05) is 6.54 Å². The van der Waals surface area contributed by atoms with Crippen LogP contribution >= 0.6 is 0 Å². The Morgan fingerprint density at radius 2 is 1.93 bits per heavy atom. The molecule has 1 atom stereocenters. The minimum absolute atomic E-state index is 0.147. The summed E-state index contributed by atoms with van der Waals surface area (Å²) in [6.07, 6.45) is 0.932. The van der Waals surface area contributed by atoms with Crippen molar-refractivity contribution in [3.8, 4) is 11.5 Å². The predicted molar refractivity (Wildman–Crippen MR) is 97.6 cm³/mol. The number of carbonyl (C=O) groups is 1. The van der Waals surface area contributed by atoms with Crippen LogP contribution in [0.25, 0.3) is 0 Å². The summed E-state index contributed by atoms with van der Waals surface area (Å²) in [6, 6.07) is 9.52. The topological polar surface area (TPSA) is 84.9 Å². The molecule has 2 aromatic rings. The molecule has 0 aliphatic carbocycles. The third-order valence-corrected chi connectivity index (χ3v) is 5.31. The Bertz CT molecular complexity index is 964. The van der Waals surface area contributed by atoms with E-state index in [0.29, 0.717) is 11.5 Å². The molecule has 2 aromatic carbocycles. The summed E-state index contributed by atoms with van der Waals surface area (Å²) in [6.45, 7) is 1.71. The molecule has 0 saturated heterocycles. The third kappa shape index (κ3) is 4.13. The Hall–Kier alpha value is -2.81. The molecule has 9 heteroatoms. The maximum absolute atomic E-state index is 14.1. The summed E-state index contributed by atoms with van der Waals surface area (Å²) in [4.78, 5) is 12.5. The molecule has 1 amide bonds. The molecule has 27 heavy (non-hydrogen) atoms. The molecule has 7 nitrogen and oxygen atoms in total. The predicted octanol–water partition coefficient (Wildman–Crippen LogP) is 2.03. The van der Waals surface area contributed by atoms with Gasteiger partial charge in [-0.1, -0.05) is 18.2 Å². The van der Waals surface area contributed by atoms with Crippen LogP contribution in [0.3, 0.4) is 0 Å². The van der Waals surface area contributed by atoms with Gasteiger partial charge in [0.05, 0.1) is 11.9 Å². The molecule has 0 spiro atoms. The summed E-state index contributed by atoms with van der Waals surface area (Å²) in [5.74, 6) is -0.0696. The highest BCUT2D eigenvalue weighted by Gasteiger charge is 2.30. The Balaban J connectivity index is 1.75. The number of nitrogens with one attached hydrogen (secondary N) is 1. The molecule has 0 bridgehead atoms. The maximum Gasteiger partial charge on any atom is 0.243 e. The summed E-state index contributed by atoms with van der Waals surface area (Å²) in [5, 5.41) is 2.67. The van der Waals surface area contributed by atoms with Gasteiger partial charge in [0.25, 0.3) is 0 Å². The summed E-state index contributed by atoms with van der Waals surface area (Å²) >= 11 is 0. The van der Waals surface area contributed by atoms with Crippen LogP contribution in [0.4, 0.5) is 10.1 Å². The number of ether oxygens (including phenoxy) is 2. The molecule has 1 N–H and O–H groups in total. The van der Waals surface area contributed by atoms with Crippen LogP contribution in [-0.4, -0.2) is 33.4 Å². The zero-order chi connectivity index (χ0) is 19.6. The fourth-order valence-corrected chi connectivity index (χ4v) is 3.97. The lowest BCUT2D eigenvalue weighted by atomic mass is 10.2. The van der Waals surface area contributed by atoms with Crippen molar-refractivity contribution in [2.45, 2.75) is 19.5 Å². The smallest absolute Gasteiger partial charge is 0.243 e. The van der Waals surface area contributed by atoms with E-state index in [1.807, 2.05) is 0 Å². The van der Waals surface area contributed by atoms with Gasteiger partial charge in [-0.2, -0.15) is 0 Å². The van der Waals surface area contributed by atoms with Gasteiger partial charge < -0.3 is 14.8 Å². The number of rotatable bonds is 6. The van der Waals surface area contributed by atoms with E-state index in [-0.39, 0.29) is 19.0 Å². The van der Waals surface area contributed by atoms with Crippen molar-refractivity contribution < 1.29 is 27.1 Å². The van der Waals surface area contributed by atoms with E-state index < -0.39 is 27.8 Å². The van der Waals surface area contributed by atoms with Gasteiger partial charge in [-0.3, -0.25) is 9.10 Å². The van der Waals surface area contributed by atoms with Crippen LogP contribution in [0.15, 0.2) is 42.5 Å². The van der Waals surface area contributed by atoms with Gasteiger partial charge in [-0.25, -0.2) is 12.8 Å². The van der Waals surface area contributed by atoms with E-state index in [0.717, 1.165) is 22.2 Å². The Morgan fingerprint density at radius 1 is 1.22 bits per heavy atom. The fraction of sp³-hybridized carbons (Fsp3) is 0.278. The maximum atomic E-state index is 14.1. The number of nitrogens with zero attached hydrogens (tertiary/aromatic N) is 1. The lowest BCUT2D eigenvalue weighted by Gasteiger charge is -2.28. The van der Waals surface area contributed by atoms with Gasteiger partial charge in [-0.05, 0) is 36.8 Å². The summed E-state index contributed by atoms with van der Waals surface area (Å²) in [5.41, 5.74) is 0.585. The first kappa shape index (κ1) is 19.0. The number of para-hydroxylation sites is 1. The van der Waals surface area contributed by atoms with Crippen molar-refractivity contribution in [2.75, 3.05) is 17.4 Å². The average Bonchev–Trinajstić information content (AvgIpc) is 3.08. The number of carbonyl (C=O) groups excluding carboxylic acids is 1. The Labute approximate surface area is 156 Å². The van der Waals surface area contributed by atoms with E-state index in [1.165, 1.54) is 25.1 Å². The number of benzene rings is 2. The number of hydrogen-bond acceptors (Lipinski definition) is 5. The van der Waals surface area contributed by atoms with Gasteiger partial charge in [0.1, 0.15) is 11.9 Å². The average molecular weight is 394 g/mol. The standard InChI is InChI=1S/C18H19FN2O5S/c1-12(21(27(2,23)24)15-6-4-3-5-14(15)19)18(22)20-10-13-7-8-16-17(9-13)26-11-25-16/h3-9,12H,10-11H2,1-2H3,(H,20,22)/t12-/m0/s1. The number of hydrogen-bond donors (Lipinski definition) is 1. The lowest BCUT2D eigenvalue weighted by Crippen LogP contribution is -2.48. The minimum Gasteiger partial charge on any atom is -0.454 e. The first-order chi connectivity index (χ1) is 12.8. The molecule has 0 aromatic heterocycles. The van der Waals surface area contributed by atoms with Crippen molar-refractivity contribution in [2.24, 2.45) is 0 Å². The molecule has 1 heterocycles. The number of anilines is 1. The minimum atomic E-state index is -3.88. The van der Waals surface area contributed by atoms with Crippen LogP contribution in [0.1, 0.15) is 12.5 Å². The lowest BCUT2D eigenvalue weighted by molar-refractivity contribution is -0.122. The molecule has 1 aliphatic rings. The Morgan fingerprint density at radius 3 is 2.63 bits per heavy atom. The number of sulfonamides is 1. The van der Waals surface area contributed by atoms with Gasteiger partial charge in [0.2, 0.25) is 22.7 Å². The van der Waals surface area contributed by atoms with Crippen molar-refractivity contribution >= 4 is 21.6 Å². The van der Waals surface area contributed by atoms with Crippen molar-refractivity contribution in [1.29, 1.82) is 0 Å². The largest absolute Gasteiger partial charge is 0.454 e. The highest BCUT2D eigenvalue weighted by Crippen LogP contribution is 2.32. The molecule has 144 valence electrons. The van der Waals surface area contributed by atoms with Crippen molar-refractivity contribution in [3.05, 3.63) is 53.8 Å². The molecule has 3 rings (SSSR count). The molecule has 0 unspecified atom stereocenters. The van der Waals surface area contributed by atoms with Crippen molar-refractivity contribution in [3.63, 3.8) is 0 Å². The number of halogens is 1. The SMILES string of the molecule is C[C@@H](C(=O)NCc1ccc2c(c1)OCO2)N(c1ccccc1F)S(C)(=O)=O. The first-order valence-electron chi connectivity index (χ1n) is 8.17. The molecule has 0 radical (unpaired) electrons.